The first kappa shape index (κ1) is 16.6. The van der Waals surface area contributed by atoms with Crippen LogP contribution in [0, 0.1) is 19.8 Å². The summed E-state index contributed by atoms with van der Waals surface area (Å²) in [6.07, 6.45) is 1.10. The van der Waals surface area contributed by atoms with E-state index < -0.39 is 0 Å². The lowest BCUT2D eigenvalue weighted by Crippen LogP contribution is -2.34. The molecule has 1 aromatic heterocycles. The fourth-order valence-electron chi connectivity index (χ4n) is 3.10. The molecule has 1 saturated heterocycles. The largest absolute Gasteiger partial charge is 0.465 e. The van der Waals surface area contributed by atoms with Crippen molar-refractivity contribution in [3.63, 3.8) is 0 Å². The molecular weight excluding hydrogens is 302 g/mol. The maximum absolute atomic E-state index is 11.9. The van der Waals surface area contributed by atoms with E-state index in [1.54, 1.807) is 0 Å². The molecule has 1 aromatic carbocycles. The summed E-state index contributed by atoms with van der Waals surface area (Å²) in [4.78, 5) is 14.3. The number of nitrogens with zero attached hydrogens (tertiary/aromatic N) is 1. The van der Waals surface area contributed by atoms with Gasteiger partial charge in [-0.2, -0.15) is 0 Å². The molecule has 0 saturated carbocycles. The number of amides is 2. The van der Waals surface area contributed by atoms with Crippen molar-refractivity contribution in [2.24, 2.45) is 5.92 Å². The molecule has 0 spiro atoms. The first-order valence-corrected chi connectivity index (χ1v) is 8.48. The number of nitrogens with one attached hydrogen (secondary N) is 2. The number of furan rings is 1. The molecule has 5 heteroatoms. The molecule has 0 bridgehead atoms. The number of aryl methyl sites for hydroxylation is 2. The Morgan fingerprint density at radius 1 is 1.29 bits per heavy atom. The minimum atomic E-state index is -0.142. The van der Waals surface area contributed by atoms with Crippen LogP contribution in [0.1, 0.15) is 23.5 Å². The number of carbonyl (C=O) groups is 1. The Morgan fingerprint density at radius 2 is 2.08 bits per heavy atom. The highest BCUT2D eigenvalue weighted by Gasteiger charge is 2.23. The van der Waals surface area contributed by atoms with Gasteiger partial charge in [0, 0.05) is 18.8 Å². The number of hydrogen-bond donors (Lipinski definition) is 2. The Bertz CT molecular complexity index is 662. The minimum Gasteiger partial charge on any atom is -0.465 e. The van der Waals surface area contributed by atoms with Gasteiger partial charge in [0.25, 0.3) is 0 Å². The number of urea groups is 1. The summed E-state index contributed by atoms with van der Waals surface area (Å²) in [5.74, 6) is 2.52. The summed E-state index contributed by atoms with van der Waals surface area (Å²) in [5.41, 5.74) is 2.02. The quantitative estimate of drug-likeness (QED) is 0.883. The minimum absolute atomic E-state index is 0.142. The third-order valence-electron chi connectivity index (χ3n) is 4.55. The number of rotatable bonds is 5. The molecule has 0 aliphatic carbocycles. The van der Waals surface area contributed by atoms with Crippen LogP contribution in [0.4, 0.5) is 10.5 Å². The Balaban J connectivity index is 1.40. The van der Waals surface area contributed by atoms with E-state index in [4.69, 9.17) is 4.42 Å². The molecule has 24 heavy (non-hydrogen) atoms. The SMILES string of the molecule is Cc1cc(CN2CCC(CNC(=O)Nc3ccccc3)C2)oc1C. The van der Waals surface area contributed by atoms with Crippen LogP contribution in [-0.4, -0.2) is 30.6 Å². The van der Waals surface area contributed by atoms with Crippen molar-refractivity contribution >= 4 is 11.7 Å². The van der Waals surface area contributed by atoms with Crippen LogP contribution >= 0.6 is 0 Å². The molecule has 1 atom stereocenters. The first-order valence-electron chi connectivity index (χ1n) is 8.48. The maximum atomic E-state index is 11.9. The first-order chi connectivity index (χ1) is 11.6. The molecule has 2 heterocycles. The fourth-order valence-corrected chi connectivity index (χ4v) is 3.10. The van der Waals surface area contributed by atoms with Gasteiger partial charge >= 0.3 is 6.03 Å². The fraction of sp³-hybridized carbons (Fsp3) is 0.421. The van der Waals surface area contributed by atoms with E-state index in [-0.39, 0.29) is 6.03 Å². The highest BCUT2D eigenvalue weighted by molar-refractivity contribution is 5.89. The van der Waals surface area contributed by atoms with Gasteiger partial charge in [-0.1, -0.05) is 18.2 Å². The van der Waals surface area contributed by atoms with E-state index in [1.807, 2.05) is 37.3 Å². The van der Waals surface area contributed by atoms with Gasteiger partial charge in [-0.25, -0.2) is 4.79 Å². The number of benzene rings is 1. The Morgan fingerprint density at radius 3 is 2.79 bits per heavy atom. The average molecular weight is 327 g/mol. The maximum Gasteiger partial charge on any atom is 0.319 e. The second kappa shape index (κ2) is 7.53. The van der Waals surface area contributed by atoms with Gasteiger partial charge < -0.3 is 15.1 Å². The zero-order valence-electron chi connectivity index (χ0n) is 14.3. The highest BCUT2D eigenvalue weighted by atomic mass is 16.3. The number of para-hydroxylation sites is 1. The molecule has 1 aliphatic rings. The second-order valence-electron chi connectivity index (χ2n) is 6.54. The summed E-state index contributed by atoms with van der Waals surface area (Å²) < 4.78 is 5.75. The zero-order valence-corrected chi connectivity index (χ0v) is 14.3. The lowest BCUT2D eigenvalue weighted by Gasteiger charge is -2.15. The molecule has 3 rings (SSSR count). The molecule has 1 fully saturated rings. The predicted molar refractivity (Wildman–Crippen MR) is 95.0 cm³/mol. The van der Waals surface area contributed by atoms with Crippen LogP contribution in [0.3, 0.4) is 0 Å². The number of hydrogen-bond acceptors (Lipinski definition) is 3. The van der Waals surface area contributed by atoms with Crippen LogP contribution in [0.5, 0.6) is 0 Å². The van der Waals surface area contributed by atoms with E-state index in [1.165, 1.54) is 5.56 Å². The topological polar surface area (TPSA) is 57.5 Å². The van der Waals surface area contributed by atoms with Crippen molar-refractivity contribution in [3.8, 4) is 0 Å². The highest BCUT2D eigenvalue weighted by Crippen LogP contribution is 2.20. The van der Waals surface area contributed by atoms with E-state index in [9.17, 15) is 4.79 Å². The second-order valence-corrected chi connectivity index (χ2v) is 6.54. The molecule has 2 amide bonds. The summed E-state index contributed by atoms with van der Waals surface area (Å²) in [5, 5.41) is 5.82. The van der Waals surface area contributed by atoms with Gasteiger partial charge in [-0.05, 0) is 56.5 Å². The molecule has 5 nitrogen and oxygen atoms in total. The van der Waals surface area contributed by atoms with Crippen molar-refractivity contribution in [2.45, 2.75) is 26.8 Å². The van der Waals surface area contributed by atoms with Crippen molar-refractivity contribution in [1.29, 1.82) is 0 Å². The Labute approximate surface area is 143 Å². The average Bonchev–Trinajstić information content (AvgIpc) is 3.13. The van der Waals surface area contributed by atoms with Crippen molar-refractivity contribution in [1.82, 2.24) is 10.2 Å². The van der Waals surface area contributed by atoms with Gasteiger partial charge in [0.05, 0.1) is 6.54 Å². The lowest BCUT2D eigenvalue weighted by atomic mass is 10.1. The standard InChI is InChI=1S/C19H25N3O2/c1-14-10-18(24-15(14)2)13-22-9-8-16(12-22)11-20-19(23)21-17-6-4-3-5-7-17/h3-7,10,16H,8-9,11-13H2,1-2H3,(H2,20,21,23). The Hall–Kier alpha value is -2.27. The molecule has 128 valence electrons. The molecular formula is C19H25N3O2. The van der Waals surface area contributed by atoms with E-state index in [0.717, 1.165) is 43.3 Å². The third-order valence-corrected chi connectivity index (χ3v) is 4.55. The number of likely N-dealkylation sites (tertiary alicyclic amines) is 1. The van der Waals surface area contributed by atoms with Crippen molar-refractivity contribution < 1.29 is 9.21 Å². The number of carbonyl (C=O) groups excluding carboxylic acids is 1. The third kappa shape index (κ3) is 4.38. The molecule has 2 aromatic rings. The van der Waals surface area contributed by atoms with Gasteiger partial charge in [-0.15, -0.1) is 0 Å². The van der Waals surface area contributed by atoms with Crippen LogP contribution in [0.2, 0.25) is 0 Å². The van der Waals surface area contributed by atoms with E-state index in [2.05, 4.69) is 28.5 Å². The monoisotopic (exact) mass is 327 g/mol. The van der Waals surface area contributed by atoms with Crippen LogP contribution in [-0.2, 0) is 6.54 Å². The van der Waals surface area contributed by atoms with Gasteiger partial charge in [0.15, 0.2) is 0 Å². The molecule has 2 N–H and O–H groups in total. The van der Waals surface area contributed by atoms with Gasteiger partial charge in [0.1, 0.15) is 11.5 Å². The number of anilines is 1. The Kier molecular flexibility index (Phi) is 5.20. The van der Waals surface area contributed by atoms with Gasteiger partial charge in [-0.3, -0.25) is 4.90 Å². The zero-order chi connectivity index (χ0) is 16.9. The summed E-state index contributed by atoms with van der Waals surface area (Å²) in [7, 11) is 0. The van der Waals surface area contributed by atoms with Crippen LogP contribution < -0.4 is 10.6 Å². The predicted octanol–water partition coefficient (Wildman–Crippen LogP) is 3.54. The summed E-state index contributed by atoms with van der Waals surface area (Å²) >= 11 is 0. The normalized spacial score (nSPS) is 17.8. The van der Waals surface area contributed by atoms with Crippen LogP contribution in [0.25, 0.3) is 0 Å². The molecule has 1 aliphatic heterocycles. The van der Waals surface area contributed by atoms with Crippen LogP contribution in [0.15, 0.2) is 40.8 Å². The van der Waals surface area contributed by atoms with Gasteiger partial charge in [0.2, 0.25) is 0 Å². The summed E-state index contributed by atoms with van der Waals surface area (Å²) in [6.45, 7) is 7.66. The van der Waals surface area contributed by atoms with Crippen molar-refractivity contribution in [3.05, 3.63) is 53.5 Å². The van der Waals surface area contributed by atoms with Crippen molar-refractivity contribution in [2.75, 3.05) is 25.0 Å². The summed E-state index contributed by atoms with van der Waals surface area (Å²) in [6, 6.07) is 11.5. The lowest BCUT2D eigenvalue weighted by molar-refractivity contribution is 0.248. The molecule has 0 radical (unpaired) electrons. The smallest absolute Gasteiger partial charge is 0.319 e. The van der Waals surface area contributed by atoms with E-state index in [0.29, 0.717) is 12.5 Å². The van der Waals surface area contributed by atoms with E-state index >= 15 is 0 Å². The molecule has 1 unspecified atom stereocenters.